The molecule has 0 heterocycles. The molecule has 0 bridgehead atoms. The van der Waals surface area contributed by atoms with E-state index in [1.807, 2.05) is 44.4 Å². The Kier molecular flexibility index (Phi) is 5.15. The van der Waals surface area contributed by atoms with Gasteiger partial charge in [-0.1, -0.05) is 11.6 Å². The van der Waals surface area contributed by atoms with Crippen LogP contribution in [0.5, 0.6) is 5.75 Å². The van der Waals surface area contributed by atoms with Gasteiger partial charge in [-0.15, -0.1) is 11.8 Å². The number of amides is 1. The van der Waals surface area contributed by atoms with E-state index >= 15 is 0 Å². The quantitative estimate of drug-likeness (QED) is 0.781. The first-order valence-corrected chi connectivity index (χ1v) is 7.99. The Morgan fingerprint density at radius 1 is 1.14 bits per heavy atom. The number of carbonyl (C=O) groups excluding carboxylic acids is 1. The Morgan fingerprint density at radius 2 is 1.71 bits per heavy atom. The second-order valence-electron chi connectivity index (χ2n) is 4.61. The van der Waals surface area contributed by atoms with Gasteiger partial charge in [0.2, 0.25) is 0 Å². The average molecular weight is 322 g/mol. The molecule has 0 radical (unpaired) electrons. The highest BCUT2D eigenvalue weighted by Crippen LogP contribution is 2.27. The van der Waals surface area contributed by atoms with Crippen molar-refractivity contribution in [1.82, 2.24) is 0 Å². The fourth-order valence-electron chi connectivity index (χ4n) is 1.97. The summed E-state index contributed by atoms with van der Waals surface area (Å²) < 4.78 is 5.38. The SMILES string of the molecule is CSc1ccc(NC(=O)Oc2c(C)cc(Cl)cc2C)cc1. The molecule has 2 aromatic rings. The third-order valence-corrected chi connectivity index (χ3v) is 3.92. The number of hydrogen-bond acceptors (Lipinski definition) is 3. The molecule has 0 saturated carbocycles. The highest BCUT2D eigenvalue weighted by Gasteiger charge is 2.11. The lowest BCUT2D eigenvalue weighted by Crippen LogP contribution is -2.17. The minimum absolute atomic E-state index is 0.513. The van der Waals surface area contributed by atoms with Gasteiger partial charge in [-0.2, -0.15) is 0 Å². The molecule has 0 atom stereocenters. The van der Waals surface area contributed by atoms with Gasteiger partial charge in [-0.25, -0.2) is 4.79 Å². The molecule has 110 valence electrons. The minimum Gasteiger partial charge on any atom is -0.410 e. The number of ether oxygens (including phenoxy) is 1. The van der Waals surface area contributed by atoms with E-state index in [4.69, 9.17) is 16.3 Å². The molecule has 1 N–H and O–H groups in total. The molecule has 0 fully saturated rings. The summed E-state index contributed by atoms with van der Waals surface area (Å²) in [4.78, 5) is 13.1. The summed E-state index contributed by atoms with van der Waals surface area (Å²) in [7, 11) is 0. The van der Waals surface area contributed by atoms with Crippen molar-refractivity contribution >= 4 is 35.1 Å². The number of rotatable bonds is 3. The van der Waals surface area contributed by atoms with E-state index in [-0.39, 0.29) is 0 Å². The first-order valence-electron chi connectivity index (χ1n) is 6.39. The highest BCUT2D eigenvalue weighted by atomic mass is 35.5. The molecule has 0 aliphatic carbocycles. The lowest BCUT2D eigenvalue weighted by molar-refractivity contribution is 0.214. The Labute approximate surface area is 133 Å². The largest absolute Gasteiger partial charge is 0.417 e. The van der Waals surface area contributed by atoms with Gasteiger partial charge in [-0.05, 0) is 67.6 Å². The van der Waals surface area contributed by atoms with E-state index in [0.717, 1.165) is 16.0 Å². The topological polar surface area (TPSA) is 38.3 Å². The van der Waals surface area contributed by atoms with E-state index < -0.39 is 6.09 Å². The Balaban J connectivity index is 2.08. The van der Waals surface area contributed by atoms with Crippen molar-refractivity contribution in [2.75, 3.05) is 11.6 Å². The average Bonchev–Trinajstić information content (AvgIpc) is 2.43. The van der Waals surface area contributed by atoms with Gasteiger partial charge < -0.3 is 4.74 Å². The summed E-state index contributed by atoms with van der Waals surface area (Å²) in [6.07, 6.45) is 1.49. The maximum Gasteiger partial charge on any atom is 0.417 e. The van der Waals surface area contributed by atoms with Gasteiger partial charge in [0.05, 0.1) is 0 Å². The van der Waals surface area contributed by atoms with Crippen LogP contribution in [0.15, 0.2) is 41.3 Å². The van der Waals surface area contributed by atoms with Crippen LogP contribution >= 0.6 is 23.4 Å². The molecule has 3 nitrogen and oxygen atoms in total. The molecule has 1 amide bonds. The number of carbonyl (C=O) groups is 1. The smallest absolute Gasteiger partial charge is 0.410 e. The molecule has 0 saturated heterocycles. The van der Waals surface area contributed by atoms with E-state index in [1.165, 1.54) is 0 Å². The molecular formula is C16H16ClNO2S. The van der Waals surface area contributed by atoms with Crippen LogP contribution < -0.4 is 10.1 Å². The third kappa shape index (κ3) is 4.16. The summed E-state index contributed by atoms with van der Waals surface area (Å²) in [5.74, 6) is 0.539. The molecule has 0 aliphatic rings. The zero-order valence-corrected chi connectivity index (χ0v) is 13.6. The summed E-state index contributed by atoms with van der Waals surface area (Å²) in [5.41, 5.74) is 2.35. The minimum atomic E-state index is -0.513. The van der Waals surface area contributed by atoms with Crippen molar-refractivity contribution < 1.29 is 9.53 Å². The van der Waals surface area contributed by atoms with Crippen LogP contribution in [0.2, 0.25) is 5.02 Å². The highest BCUT2D eigenvalue weighted by molar-refractivity contribution is 7.98. The Bertz CT molecular complexity index is 633. The van der Waals surface area contributed by atoms with Crippen LogP contribution in [0.25, 0.3) is 0 Å². The fourth-order valence-corrected chi connectivity index (χ4v) is 2.70. The predicted octanol–water partition coefficient (Wildman–Crippen LogP) is 5.29. The number of hydrogen-bond donors (Lipinski definition) is 1. The lowest BCUT2D eigenvalue weighted by Gasteiger charge is -2.12. The number of anilines is 1. The van der Waals surface area contributed by atoms with Crippen molar-refractivity contribution in [2.24, 2.45) is 0 Å². The summed E-state index contributed by atoms with van der Waals surface area (Å²) in [5, 5.41) is 3.34. The summed E-state index contributed by atoms with van der Waals surface area (Å²) in [6, 6.07) is 11.1. The predicted molar refractivity (Wildman–Crippen MR) is 88.8 cm³/mol. The summed E-state index contributed by atoms with van der Waals surface area (Å²) >= 11 is 7.61. The zero-order valence-electron chi connectivity index (χ0n) is 12.1. The van der Waals surface area contributed by atoms with Crippen LogP contribution in [-0.4, -0.2) is 12.3 Å². The lowest BCUT2D eigenvalue weighted by atomic mass is 10.1. The summed E-state index contributed by atoms with van der Waals surface area (Å²) in [6.45, 7) is 3.71. The Morgan fingerprint density at radius 3 is 2.24 bits per heavy atom. The zero-order chi connectivity index (χ0) is 15.4. The molecule has 0 unspecified atom stereocenters. The van der Waals surface area contributed by atoms with Crippen LogP contribution in [0.3, 0.4) is 0 Å². The first-order chi connectivity index (χ1) is 9.99. The number of aryl methyl sites for hydroxylation is 2. The molecule has 21 heavy (non-hydrogen) atoms. The van der Waals surface area contributed by atoms with E-state index in [1.54, 1.807) is 23.9 Å². The molecular weight excluding hydrogens is 306 g/mol. The number of nitrogens with one attached hydrogen (secondary N) is 1. The number of halogens is 1. The molecule has 5 heteroatoms. The number of benzene rings is 2. The maximum atomic E-state index is 12.0. The molecule has 0 spiro atoms. The monoisotopic (exact) mass is 321 g/mol. The standard InChI is InChI=1S/C16H16ClNO2S/c1-10-8-12(17)9-11(2)15(10)20-16(19)18-13-4-6-14(21-3)7-5-13/h4-9H,1-3H3,(H,18,19). The molecule has 2 rings (SSSR count). The van der Waals surface area contributed by atoms with Crippen molar-refractivity contribution in [2.45, 2.75) is 18.7 Å². The van der Waals surface area contributed by atoms with Crippen LogP contribution in [-0.2, 0) is 0 Å². The van der Waals surface area contributed by atoms with Gasteiger partial charge in [-0.3, -0.25) is 5.32 Å². The van der Waals surface area contributed by atoms with Crippen molar-refractivity contribution in [3.8, 4) is 5.75 Å². The normalized spacial score (nSPS) is 10.3. The van der Waals surface area contributed by atoms with Gasteiger partial charge in [0.15, 0.2) is 0 Å². The van der Waals surface area contributed by atoms with Crippen LogP contribution in [0.4, 0.5) is 10.5 Å². The molecule has 0 aromatic heterocycles. The third-order valence-electron chi connectivity index (χ3n) is 2.96. The van der Waals surface area contributed by atoms with Crippen molar-refractivity contribution in [3.63, 3.8) is 0 Å². The second kappa shape index (κ2) is 6.87. The molecule has 0 aliphatic heterocycles. The van der Waals surface area contributed by atoms with Gasteiger partial charge in [0.1, 0.15) is 5.75 Å². The van der Waals surface area contributed by atoms with Gasteiger partial charge in [0, 0.05) is 15.6 Å². The van der Waals surface area contributed by atoms with E-state index in [0.29, 0.717) is 16.5 Å². The first kappa shape index (κ1) is 15.7. The van der Waals surface area contributed by atoms with Crippen LogP contribution in [0.1, 0.15) is 11.1 Å². The van der Waals surface area contributed by atoms with E-state index in [2.05, 4.69) is 5.32 Å². The molecule has 2 aromatic carbocycles. The van der Waals surface area contributed by atoms with Gasteiger partial charge in [0.25, 0.3) is 0 Å². The van der Waals surface area contributed by atoms with Crippen molar-refractivity contribution in [1.29, 1.82) is 0 Å². The van der Waals surface area contributed by atoms with E-state index in [9.17, 15) is 4.79 Å². The maximum absolute atomic E-state index is 12.0. The van der Waals surface area contributed by atoms with Gasteiger partial charge >= 0.3 is 6.09 Å². The number of thioether (sulfide) groups is 1. The van der Waals surface area contributed by atoms with Crippen LogP contribution in [0, 0.1) is 13.8 Å². The fraction of sp³-hybridized carbons (Fsp3) is 0.188. The second-order valence-corrected chi connectivity index (χ2v) is 5.93. The van der Waals surface area contributed by atoms with Crippen molar-refractivity contribution in [3.05, 3.63) is 52.5 Å². The Hall–Kier alpha value is -1.65.